The Labute approximate surface area is 203 Å². The van der Waals surface area contributed by atoms with Gasteiger partial charge in [-0.3, -0.25) is 19.1 Å². The molecule has 0 spiro atoms. The molecule has 2 aromatic heterocycles. The molecular weight excluding hydrogens is 474 g/mol. The van der Waals surface area contributed by atoms with E-state index in [9.17, 15) is 19.2 Å². The van der Waals surface area contributed by atoms with Gasteiger partial charge in [-0.05, 0) is 13.8 Å². The van der Waals surface area contributed by atoms with Crippen LogP contribution in [0.1, 0.15) is 36.1 Å². The van der Waals surface area contributed by atoms with Crippen molar-refractivity contribution in [3.8, 4) is 0 Å². The number of carbonyl (C=O) groups excluding carboxylic acids is 2. The van der Waals surface area contributed by atoms with Crippen LogP contribution in [0.2, 0.25) is 0 Å². The number of rotatable bonds is 7. The SMILES string of the molecule is CC1(C)O[C@@H]2[C@H](O1)[C@@H](Cn1cc(COC(=O)C(=O)c3ccccc3)nn1)O[C@H]2n1ccc(=O)[nH]c1=O. The molecule has 2 saturated heterocycles. The van der Waals surface area contributed by atoms with Crippen molar-refractivity contribution < 1.29 is 28.5 Å². The van der Waals surface area contributed by atoms with Gasteiger partial charge in [-0.2, -0.15) is 0 Å². The maximum absolute atomic E-state index is 12.3. The lowest BCUT2D eigenvalue weighted by Crippen LogP contribution is -2.37. The van der Waals surface area contributed by atoms with E-state index in [2.05, 4.69) is 15.3 Å². The smallest absolute Gasteiger partial charge is 0.380 e. The predicted molar refractivity (Wildman–Crippen MR) is 120 cm³/mol. The third kappa shape index (κ3) is 4.76. The van der Waals surface area contributed by atoms with Gasteiger partial charge in [0.2, 0.25) is 0 Å². The van der Waals surface area contributed by atoms with Crippen LogP contribution in [0.15, 0.2) is 58.4 Å². The number of H-pyrrole nitrogens is 1. The van der Waals surface area contributed by atoms with Crippen LogP contribution >= 0.6 is 0 Å². The second-order valence-electron chi connectivity index (χ2n) is 8.85. The summed E-state index contributed by atoms with van der Waals surface area (Å²) in [6.07, 6.45) is 0.355. The van der Waals surface area contributed by atoms with Crippen molar-refractivity contribution in [3.63, 3.8) is 0 Å². The minimum absolute atomic E-state index is 0.194. The van der Waals surface area contributed by atoms with Crippen molar-refractivity contribution in [2.24, 2.45) is 0 Å². The molecule has 1 aromatic carbocycles. The fraction of sp³-hybridized carbons (Fsp3) is 0.391. The average Bonchev–Trinajstić information content (AvgIpc) is 3.51. The third-order valence-corrected chi connectivity index (χ3v) is 5.78. The van der Waals surface area contributed by atoms with Gasteiger partial charge in [-0.15, -0.1) is 5.10 Å². The molecule has 0 radical (unpaired) electrons. The van der Waals surface area contributed by atoms with Crippen LogP contribution in [0, 0.1) is 0 Å². The number of nitrogens with zero attached hydrogens (tertiary/aromatic N) is 4. The quantitative estimate of drug-likeness (QED) is 0.271. The molecule has 2 fully saturated rings. The predicted octanol–water partition coefficient (Wildman–Crippen LogP) is 0.172. The number of ketones is 1. The number of carbonyl (C=O) groups is 2. The first-order valence-electron chi connectivity index (χ1n) is 11.2. The summed E-state index contributed by atoms with van der Waals surface area (Å²) in [6.45, 7) is 3.47. The number of Topliss-reactive ketones (excluding diaryl/α,β-unsaturated/α-hetero) is 1. The molecule has 13 heteroatoms. The van der Waals surface area contributed by atoms with Crippen LogP contribution in [0.4, 0.5) is 0 Å². The maximum atomic E-state index is 12.3. The van der Waals surface area contributed by atoms with Crippen molar-refractivity contribution in [2.45, 2.75) is 57.3 Å². The van der Waals surface area contributed by atoms with E-state index in [0.717, 1.165) is 0 Å². The summed E-state index contributed by atoms with van der Waals surface area (Å²) in [5.74, 6) is -2.66. The summed E-state index contributed by atoms with van der Waals surface area (Å²) in [5.41, 5.74) is -0.587. The molecule has 3 aromatic rings. The Hall–Kier alpha value is -3.94. The van der Waals surface area contributed by atoms with Gasteiger partial charge in [0, 0.05) is 17.8 Å². The molecule has 13 nitrogen and oxygen atoms in total. The number of benzene rings is 1. The normalized spacial score (nSPS) is 24.4. The lowest BCUT2D eigenvalue weighted by molar-refractivity contribution is -0.198. The van der Waals surface area contributed by atoms with E-state index < -0.39 is 53.3 Å². The van der Waals surface area contributed by atoms with E-state index in [1.807, 2.05) is 0 Å². The Bertz CT molecular complexity index is 1390. The highest BCUT2D eigenvalue weighted by Gasteiger charge is 2.56. The van der Waals surface area contributed by atoms with Crippen molar-refractivity contribution in [1.29, 1.82) is 0 Å². The van der Waals surface area contributed by atoms with Crippen molar-refractivity contribution >= 4 is 11.8 Å². The molecule has 0 aliphatic carbocycles. The first kappa shape index (κ1) is 23.8. The topological polar surface area (TPSA) is 157 Å². The van der Waals surface area contributed by atoms with Crippen LogP contribution in [0.5, 0.6) is 0 Å². The van der Waals surface area contributed by atoms with Gasteiger partial charge in [-0.25, -0.2) is 14.3 Å². The second kappa shape index (κ2) is 9.26. The summed E-state index contributed by atoms with van der Waals surface area (Å²) in [4.78, 5) is 50.3. The number of aromatic nitrogens is 5. The standard InChI is InChI=1S/C23H23N5O8/c1-23(2)35-18-15(34-20(19(18)36-23)28-9-8-16(29)24-22(28)32)11-27-10-14(25-26-27)12-33-21(31)17(30)13-6-4-3-5-7-13/h3-10,15,18-20H,11-12H2,1-2H3,(H,24,29,32)/t15-,18-,19-,20-/m1/s1. The summed E-state index contributed by atoms with van der Waals surface area (Å²) in [5, 5.41) is 8.02. The van der Waals surface area contributed by atoms with E-state index >= 15 is 0 Å². The van der Waals surface area contributed by atoms with Gasteiger partial charge in [-0.1, -0.05) is 35.5 Å². The summed E-state index contributed by atoms with van der Waals surface area (Å²) < 4.78 is 25.9. The molecule has 4 heterocycles. The molecule has 188 valence electrons. The van der Waals surface area contributed by atoms with Gasteiger partial charge >= 0.3 is 11.7 Å². The Morgan fingerprint density at radius 1 is 1.11 bits per heavy atom. The maximum Gasteiger partial charge on any atom is 0.380 e. The average molecular weight is 497 g/mol. The number of ether oxygens (including phenoxy) is 4. The van der Waals surface area contributed by atoms with Crippen molar-refractivity contribution in [3.05, 3.63) is 80.9 Å². The van der Waals surface area contributed by atoms with Gasteiger partial charge in [0.1, 0.15) is 30.6 Å². The molecule has 0 saturated carbocycles. The second-order valence-corrected chi connectivity index (χ2v) is 8.85. The number of aromatic amines is 1. The van der Waals surface area contributed by atoms with Crippen LogP contribution in [-0.4, -0.2) is 60.4 Å². The van der Waals surface area contributed by atoms with Gasteiger partial charge in [0.25, 0.3) is 11.3 Å². The van der Waals surface area contributed by atoms with Crippen molar-refractivity contribution in [1.82, 2.24) is 24.5 Å². The Morgan fingerprint density at radius 2 is 1.86 bits per heavy atom. The molecule has 5 rings (SSSR count). The number of hydrogen-bond donors (Lipinski definition) is 1. The summed E-state index contributed by atoms with van der Waals surface area (Å²) in [7, 11) is 0. The van der Waals surface area contributed by atoms with Crippen LogP contribution < -0.4 is 11.2 Å². The van der Waals surface area contributed by atoms with Crippen LogP contribution in [-0.2, 0) is 36.9 Å². The molecule has 4 atom stereocenters. The molecule has 0 amide bonds. The van der Waals surface area contributed by atoms with Gasteiger partial charge < -0.3 is 18.9 Å². The molecule has 36 heavy (non-hydrogen) atoms. The minimum atomic E-state index is -0.995. The highest BCUT2D eigenvalue weighted by atomic mass is 16.8. The zero-order valence-electron chi connectivity index (χ0n) is 19.4. The summed E-state index contributed by atoms with van der Waals surface area (Å²) in [6, 6.07) is 9.32. The fourth-order valence-corrected chi connectivity index (χ4v) is 4.25. The zero-order valence-corrected chi connectivity index (χ0v) is 19.4. The van der Waals surface area contributed by atoms with Gasteiger partial charge in [0.05, 0.1) is 12.7 Å². The first-order chi connectivity index (χ1) is 17.2. The Kier molecular flexibility index (Phi) is 6.12. The number of hydrogen-bond acceptors (Lipinski definition) is 10. The van der Waals surface area contributed by atoms with E-state index in [0.29, 0.717) is 5.69 Å². The van der Waals surface area contributed by atoms with Crippen LogP contribution in [0.25, 0.3) is 0 Å². The third-order valence-electron chi connectivity index (χ3n) is 5.78. The van der Waals surface area contributed by atoms with Crippen molar-refractivity contribution in [2.75, 3.05) is 0 Å². The highest BCUT2D eigenvalue weighted by molar-refractivity contribution is 6.40. The molecule has 1 N–H and O–H groups in total. The number of nitrogens with one attached hydrogen (secondary N) is 1. The first-order valence-corrected chi connectivity index (χ1v) is 11.2. The molecule has 0 unspecified atom stereocenters. The number of esters is 1. The van der Waals surface area contributed by atoms with Crippen LogP contribution in [0.3, 0.4) is 0 Å². The molecule has 0 bridgehead atoms. The molecular formula is C23H23N5O8. The zero-order chi connectivity index (χ0) is 25.4. The summed E-state index contributed by atoms with van der Waals surface area (Å²) >= 11 is 0. The largest absolute Gasteiger partial charge is 0.453 e. The monoisotopic (exact) mass is 497 g/mol. The Balaban J connectivity index is 1.26. The molecule has 2 aliphatic rings. The van der Waals surface area contributed by atoms with E-state index in [4.69, 9.17) is 18.9 Å². The Morgan fingerprint density at radius 3 is 2.61 bits per heavy atom. The van der Waals surface area contributed by atoms with E-state index in [1.54, 1.807) is 38.2 Å². The number of fused-ring (bicyclic) bond motifs is 1. The minimum Gasteiger partial charge on any atom is -0.453 e. The van der Waals surface area contributed by atoms with Gasteiger partial charge in [0.15, 0.2) is 12.0 Å². The lowest BCUT2D eigenvalue weighted by Gasteiger charge is -2.24. The highest BCUT2D eigenvalue weighted by Crippen LogP contribution is 2.42. The van der Waals surface area contributed by atoms with E-state index in [1.165, 1.54) is 33.6 Å². The van der Waals surface area contributed by atoms with E-state index in [-0.39, 0.29) is 18.7 Å². The molecule has 2 aliphatic heterocycles. The lowest BCUT2D eigenvalue weighted by atomic mass is 10.1. The fourth-order valence-electron chi connectivity index (χ4n) is 4.25.